The molecule has 1 saturated heterocycles. The molecule has 0 aromatic heterocycles. The quantitative estimate of drug-likeness (QED) is 0.866. The summed E-state index contributed by atoms with van der Waals surface area (Å²) in [5, 5.41) is 2.49. The molecule has 0 saturated carbocycles. The van der Waals surface area contributed by atoms with Gasteiger partial charge in [0, 0.05) is 25.9 Å². The van der Waals surface area contributed by atoms with Crippen LogP contribution in [0.1, 0.15) is 12.8 Å². The standard InChI is InChI=1S/C14H18F2N2O2S/c1-18(8-10-4-3-5-20-10)14(19)17-9-6-11(15)13(21-2)12(16)7-9/h6-7,10H,3-5,8H2,1-2H3,(H,17,19)/t10-/m1/s1. The van der Waals surface area contributed by atoms with E-state index in [-0.39, 0.29) is 16.7 Å². The Labute approximate surface area is 126 Å². The van der Waals surface area contributed by atoms with E-state index in [1.165, 1.54) is 4.90 Å². The average molecular weight is 316 g/mol. The number of thioether (sulfide) groups is 1. The van der Waals surface area contributed by atoms with Crippen molar-refractivity contribution in [1.29, 1.82) is 0 Å². The van der Waals surface area contributed by atoms with Crippen molar-refractivity contribution in [2.75, 3.05) is 31.8 Å². The molecule has 2 rings (SSSR count). The minimum absolute atomic E-state index is 0.0353. The molecule has 2 amide bonds. The van der Waals surface area contributed by atoms with Crippen molar-refractivity contribution in [2.45, 2.75) is 23.8 Å². The number of rotatable bonds is 4. The average Bonchev–Trinajstić information content (AvgIpc) is 2.91. The zero-order chi connectivity index (χ0) is 15.4. The van der Waals surface area contributed by atoms with Gasteiger partial charge >= 0.3 is 6.03 Å². The molecule has 0 unspecified atom stereocenters. The van der Waals surface area contributed by atoms with Crippen molar-refractivity contribution in [3.05, 3.63) is 23.8 Å². The molecule has 1 fully saturated rings. The Balaban J connectivity index is 1.98. The Bertz CT molecular complexity index is 499. The first-order valence-electron chi connectivity index (χ1n) is 6.68. The van der Waals surface area contributed by atoms with E-state index in [4.69, 9.17) is 4.74 Å². The largest absolute Gasteiger partial charge is 0.376 e. The molecule has 21 heavy (non-hydrogen) atoms. The highest BCUT2D eigenvalue weighted by Gasteiger charge is 2.20. The lowest BCUT2D eigenvalue weighted by molar-refractivity contribution is 0.0894. The molecule has 1 heterocycles. The van der Waals surface area contributed by atoms with Crippen LogP contribution in [0, 0.1) is 11.6 Å². The fourth-order valence-electron chi connectivity index (χ4n) is 2.22. The van der Waals surface area contributed by atoms with Crippen LogP contribution in [-0.4, -0.2) is 43.5 Å². The van der Waals surface area contributed by atoms with Gasteiger partial charge in [-0.2, -0.15) is 0 Å². The number of anilines is 1. The number of amides is 2. The highest BCUT2D eigenvalue weighted by molar-refractivity contribution is 7.98. The molecule has 1 N–H and O–H groups in total. The van der Waals surface area contributed by atoms with Crippen molar-refractivity contribution in [3.63, 3.8) is 0 Å². The zero-order valence-electron chi connectivity index (χ0n) is 12.0. The molecule has 1 aliphatic rings. The van der Waals surface area contributed by atoms with Crippen LogP contribution in [0.5, 0.6) is 0 Å². The first-order valence-corrected chi connectivity index (χ1v) is 7.90. The second-order valence-corrected chi connectivity index (χ2v) is 5.74. The highest BCUT2D eigenvalue weighted by atomic mass is 32.2. The van der Waals surface area contributed by atoms with Gasteiger partial charge in [-0.05, 0) is 31.2 Å². The van der Waals surface area contributed by atoms with Crippen molar-refractivity contribution in [1.82, 2.24) is 4.90 Å². The Morgan fingerprint density at radius 2 is 2.14 bits per heavy atom. The second-order valence-electron chi connectivity index (χ2n) is 4.92. The van der Waals surface area contributed by atoms with Gasteiger partial charge in [0.2, 0.25) is 0 Å². The second kappa shape index (κ2) is 7.09. The van der Waals surface area contributed by atoms with E-state index in [0.29, 0.717) is 13.2 Å². The smallest absolute Gasteiger partial charge is 0.321 e. The minimum atomic E-state index is -0.681. The molecule has 4 nitrogen and oxygen atoms in total. The maximum absolute atomic E-state index is 13.6. The normalized spacial score (nSPS) is 17.8. The van der Waals surface area contributed by atoms with Crippen molar-refractivity contribution in [3.8, 4) is 0 Å². The fourth-order valence-corrected chi connectivity index (χ4v) is 2.73. The summed E-state index contributed by atoms with van der Waals surface area (Å²) >= 11 is 0.988. The summed E-state index contributed by atoms with van der Waals surface area (Å²) < 4.78 is 32.7. The summed E-state index contributed by atoms with van der Waals surface area (Å²) in [5.41, 5.74) is 0.104. The molecule has 1 aromatic carbocycles. The predicted octanol–water partition coefficient (Wildman–Crippen LogP) is 3.33. The Kier molecular flexibility index (Phi) is 5.41. The summed E-state index contributed by atoms with van der Waals surface area (Å²) in [6.45, 7) is 1.17. The maximum Gasteiger partial charge on any atom is 0.321 e. The number of urea groups is 1. The van der Waals surface area contributed by atoms with Gasteiger partial charge in [-0.15, -0.1) is 11.8 Å². The fraction of sp³-hybridized carbons (Fsp3) is 0.500. The van der Waals surface area contributed by atoms with E-state index >= 15 is 0 Å². The van der Waals surface area contributed by atoms with Gasteiger partial charge < -0.3 is 15.0 Å². The minimum Gasteiger partial charge on any atom is -0.376 e. The molecule has 0 aliphatic carbocycles. The number of nitrogens with one attached hydrogen (secondary N) is 1. The van der Waals surface area contributed by atoms with E-state index in [2.05, 4.69) is 5.32 Å². The van der Waals surface area contributed by atoms with Crippen LogP contribution in [0.4, 0.5) is 19.3 Å². The van der Waals surface area contributed by atoms with Crippen molar-refractivity contribution in [2.24, 2.45) is 0 Å². The van der Waals surface area contributed by atoms with Gasteiger partial charge in [0.15, 0.2) is 0 Å². The summed E-state index contributed by atoms with van der Waals surface area (Å²) in [4.78, 5) is 13.4. The lowest BCUT2D eigenvalue weighted by Crippen LogP contribution is -2.37. The Hall–Kier alpha value is -1.34. The van der Waals surface area contributed by atoms with Crippen LogP contribution >= 0.6 is 11.8 Å². The SMILES string of the molecule is CSc1c(F)cc(NC(=O)N(C)C[C@H]2CCCO2)cc1F. The Morgan fingerprint density at radius 3 is 2.67 bits per heavy atom. The number of ether oxygens (including phenoxy) is 1. The molecule has 0 radical (unpaired) electrons. The van der Waals surface area contributed by atoms with Crippen molar-refractivity contribution >= 4 is 23.5 Å². The Morgan fingerprint density at radius 1 is 1.48 bits per heavy atom. The van der Waals surface area contributed by atoms with Gasteiger partial charge in [0.05, 0.1) is 11.0 Å². The number of carbonyl (C=O) groups is 1. The summed E-state index contributed by atoms with van der Waals surface area (Å²) in [5.74, 6) is -1.36. The van der Waals surface area contributed by atoms with Crippen LogP contribution in [0.2, 0.25) is 0 Å². The molecule has 0 bridgehead atoms. The van der Waals surface area contributed by atoms with Crippen LogP contribution in [0.3, 0.4) is 0 Å². The number of halogens is 2. The molecular formula is C14H18F2N2O2S. The van der Waals surface area contributed by atoms with Gasteiger partial charge in [-0.3, -0.25) is 0 Å². The van der Waals surface area contributed by atoms with Gasteiger partial charge in [0.1, 0.15) is 11.6 Å². The number of benzene rings is 1. The molecule has 0 spiro atoms. The van der Waals surface area contributed by atoms with Crippen LogP contribution < -0.4 is 5.32 Å². The van der Waals surface area contributed by atoms with E-state index < -0.39 is 17.7 Å². The first kappa shape index (κ1) is 16.0. The topological polar surface area (TPSA) is 41.6 Å². The van der Waals surface area contributed by atoms with Crippen LogP contribution in [0.15, 0.2) is 17.0 Å². The highest BCUT2D eigenvalue weighted by Crippen LogP contribution is 2.26. The third kappa shape index (κ3) is 4.07. The third-order valence-electron chi connectivity index (χ3n) is 3.30. The van der Waals surface area contributed by atoms with Gasteiger partial charge in [-0.25, -0.2) is 13.6 Å². The predicted molar refractivity (Wildman–Crippen MR) is 78.8 cm³/mol. The van der Waals surface area contributed by atoms with Gasteiger partial charge in [-0.1, -0.05) is 0 Å². The molecule has 1 aliphatic heterocycles. The van der Waals surface area contributed by atoms with E-state index in [0.717, 1.165) is 36.7 Å². The van der Waals surface area contributed by atoms with Crippen molar-refractivity contribution < 1.29 is 18.3 Å². The van der Waals surface area contributed by atoms with Crippen LogP contribution in [-0.2, 0) is 4.74 Å². The molecule has 1 aromatic rings. The molecule has 116 valence electrons. The van der Waals surface area contributed by atoms with E-state index in [9.17, 15) is 13.6 Å². The zero-order valence-corrected chi connectivity index (χ0v) is 12.8. The third-order valence-corrected chi connectivity index (χ3v) is 4.10. The van der Waals surface area contributed by atoms with Crippen LogP contribution in [0.25, 0.3) is 0 Å². The number of hydrogen-bond donors (Lipinski definition) is 1. The van der Waals surface area contributed by atoms with E-state index in [1.54, 1.807) is 13.3 Å². The maximum atomic E-state index is 13.6. The molecule has 1 atom stereocenters. The summed E-state index contributed by atoms with van der Waals surface area (Å²) in [6.07, 6.45) is 3.54. The monoisotopic (exact) mass is 316 g/mol. The number of hydrogen-bond acceptors (Lipinski definition) is 3. The molecular weight excluding hydrogens is 298 g/mol. The first-order chi connectivity index (χ1) is 10.0. The van der Waals surface area contributed by atoms with E-state index in [1.807, 2.05) is 0 Å². The number of nitrogens with zero attached hydrogens (tertiary/aromatic N) is 1. The number of carbonyl (C=O) groups excluding carboxylic acids is 1. The molecule has 7 heteroatoms. The number of likely N-dealkylation sites (N-methyl/N-ethyl adjacent to an activating group) is 1. The van der Waals surface area contributed by atoms with Gasteiger partial charge in [0.25, 0.3) is 0 Å². The lowest BCUT2D eigenvalue weighted by Gasteiger charge is -2.21. The summed E-state index contributed by atoms with van der Waals surface area (Å²) in [7, 11) is 1.62. The lowest BCUT2D eigenvalue weighted by atomic mass is 10.2. The summed E-state index contributed by atoms with van der Waals surface area (Å²) in [6, 6.07) is 1.82.